The summed E-state index contributed by atoms with van der Waals surface area (Å²) in [7, 11) is 3.95. The van der Waals surface area contributed by atoms with Gasteiger partial charge >= 0.3 is 0 Å². The standard InChI is InChI=1S/C13H16N/c1-14-9-7-13(8-10-14)11-12-5-3-2-4-6-12/h2-6,11H,1,7-10H2. The van der Waals surface area contributed by atoms with Gasteiger partial charge in [0.1, 0.15) is 0 Å². The van der Waals surface area contributed by atoms with Crippen LogP contribution < -0.4 is 0 Å². The average Bonchev–Trinajstić information content (AvgIpc) is 2.23. The summed E-state index contributed by atoms with van der Waals surface area (Å²) in [6, 6.07) is 10.5. The van der Waals surface area contributed by atoms with Crippen LogP contribution in [0.2, 0.25) is 0 Å². The molecule has 1 heterocycles. The van der Waals surface area contributed by atoms with Crippen molar-refractivity contribution in [1.29, 1.82) is 0 Å². The van der Waals surface area contributed by atoms with Crippen molar-refractivity contribution in [1.82, 2.24) is 4.90 Å². The molecule has 1 aromatic rings. The Labute approximate surface area is 86.1 Å². The fourth-order valence-corrected chi connectivity index (χ4v) is 1.77. The van der Waals surface area contributed by atoms with E-state index in [4.69, 9.17) is 0 Å². The van der Waals surface area contributed by atoms with Gasteiger partial charge in [-0.2, -0.15) is 0 Å². The lowest BCUT2D eigenvalue weighted by Gasteiger charge is -2.23. The third-order valence-corrected chi connectivity index (χ3v) is 2.67. The molecule has 73 valence electrons. The van der Waals surface area contributed by atoms with Crippen molar-refractivity contribution in [3.63, 3.8) is 0 Å². The minimum absolute atomic E-state index is 1.10. The fraction of sp³-hybridized carbons (Fsp3) is 0.308. The third kappa shape index (κ3) is 2.46. The van der Waals surface area contributed by atoms with E-state index in [2.05, 4.69) is 48.4 Å². The van der Waals surface area contributed by atoms with Gasteiger partial charge in [0, 0.05) is 20.1 Å². The highest BCUT2D eigenvalue weighted by atomic mass is 15.1. The van der Waals surface area contributed by atoms with Gasteiger partial charge in [-0.25, -0.2) is 0 Å². The summed E-state index contributed by atoms with van der Waals surface area (Å²) in [5.41, 5.74) is 2.87. The van der Waals surface area contributed by atoms with Crippen molar-refractivity contribution < 1.29 is 0 Å². The molecule has 0 amide bonds. The zero-order chi connectivity index (χ0) is 9.80. The van der Waals surface area contributed by atoms with Crippen molar-refractivity contribution in [2.24, 2.45) is 0 Å². The predicted octanol–water partition coefficient (Wildman–Crippen LogP) is 2.96. The summed E-state index contributed by atoms with van der Waals surface area (Å²) in [5.74, 6) is 0. The molecule has 1 aliphatic heterocycles. The number of likely N-dealkylation sites (tertiary alicyclic amines) is 1. The van der Waals surface area contributed by atoms with Crippen LogP contribution in [0.4, 0.5) is 0 Å². The summed E-state index contributed by atoms with van der Waals surface area (Å²) >= 11 is 0. The maximum atomic E-state index is 3.95. The maximum Gasteiger partial charge on any atom is 0.0110 e. The van der Waals surface area contributed by atoms with Crippen molar-refractivity contribution in [2.75, 3.05) is 13.1 Å². The molecule has 14 heavy (non-hydrogen) atoms. The van der Waals surface area contributed by atoms with Gasteiger partial charge in [0.15, 0.2) is 0 Å². The largest absolute Gasteiger partial charge is 0.301 e. The molecular formula is C13H16N. The summed E-state index contributed by atoms with van der Waals surface area (Å²) in [6.45, 7) is 2.19. The van der Waals surface area contributed by atoms with Crippen LogP contribution in [0, 0.1) is 7.05 Å². The Morgan fingerprint density at radius 3 is 2.36 bits per heavy atom. The number of nitrogens with zero attached hydrogens (tertiary/aromatic N) is 1. The maximum absolute atomic E-state index is 3.95. The fourth-order valence-electron chi connectivity index (χ4n) is 1.77. The van der Waals surface area contributed by atoms with Gasteiger partial charge in [0.25, 0.3) is 0 Å². The third-order valence-electron chi connectivity index (χ3n) is 2.67. The first-order valence-electron chi connectivity index (χ1n) is 5.14. The van der Waals surface area contributed by atoms with Crippen LogP contribution >= 0.6 is 0 Å². The molecule has 0 atom stereocenters. The summed E-state index contributed by atoms with van der Waals surface area (Å²) in [4.78, 5) is 2.14. The van der Waals surface area contributed by atoms with Crippen LogP contribution in [0.15, 0.2) is 35.9 Å². The molecule has 1 radical (unpaired) electrons. The number of rotatable bonds is 1. The zero-order valence-electron chi connectivity index (χ0n) is 8.45. The first-order valence-corrected chi connectivity index (χ1v) is 5.14. The molecular weight excluding hydrogens is 170 g/mol. The molecule has 1 heteroatoms. The predicted molar refractivity (Wildman–Crippen MR) is 60.6 cm³/mol. The second kappa shape index (κ2) is 4.43. The Kier molecular flexibility index (Phi) is 3.00. The van der Waals surface area contributed by atoms with Crippen LogP contribution in [0.1, 0.15) is 18.4 Å². The second-order valence-corrected chi connectivity index (χ2v) is 3.83. The highest BCUT2D eigenvalue weighted by Crippen LogP contribution is 2.18. The van der Waals surface area contributed by atoms with Crippen molar-refractivity contribution in [3.05, 3.63) is 48.5 Å². The van der Waals surface area contributed by atoms with Crippen LogP contribution in [0.3, 0.4) is 0 Å². The van der Waals surface area contributed by atoms with Gasteiger partial charge in [0.2, 0.25) is 0 Å². The molecule has 0 spiro atoms. The van der Waals surface area contributed by atoms with Crippen LogP contribution in [0.25, 0.3) is 6.08 Å². The molecule has 0 bridgehead atoms. The second-order valence-electron chi connectivity index (χ2n) is 3.83. The van der Waals surface area contributed by atoms with E-state index in [9.17, 15) is 0 Å². The molecule has 0 unspecified atom stereocenters. The van der Waals surface area contributed by atoms with E-state index in [1.807, 2.05) is 0 Å². The Bertz CT molecular complexity index is 303. The minimum Gasteiger partial charge on any atom is -0.301 e. The van der Waals surface area contributed by atoms with Crippen molar-refractivity contribution in [3.8, 4) is 0 Å². The van der Waals surface area contributed by atoms with E-state index in [1.54, 1.807) is 5.57 Å². The lowest BCUT2D eigenvalue weighted by Crippen LogP contribution is -2.24. The van der Waals surface area contributed by atoms with Crippen molar-refractivity contribution in [2.45, 2.75) is 12.8 Å². The Morgan fingerprint density at radius 1 is 1.07 bits per heavy atom. The van der Waals surface area contributed by atoms with E-state index in [0.29, 0.717) is 0 Å². The number of hydrogen-bond donors (Lipinski definition) is 0. The Hall–Kier alpha value is -1.08. The SMILES string of the molecule is [CH2]N1CCC(=Cc2ccccc2)CC1. The molecule has 1 aromatic carbocycles. The van der Waals surface area contributed by atoms with Gasteiger partial charge in [-0.15, -0.1) is 0 Å². The molecule has 0 aromatic heterocycles. The first kappa shape index (κ1) is 9.47. The summed E-state index contributed by atoms with van der Waals surface area (Å²) in [5, 5.41) is 0. The zero-order valence-corrected chi connectivity index (χ0v) is 8.45. The summed E-state index contributed by atoms with van der Waals surface area (Å²) in [6.07, 6.45) is 4.64. The minimum atomic E-state index is 1.10. The quantitative estimate of drug-likeness (QED) is 0.651. The average molecular weight is 186 g/mol. The lowest BCUT2D eigenvalue weighted by molar-refractivity contribution is 0.346. The Balaban J connectivity index is 2.05. The molecule has 1 nitrogen and oxygen atoms in total. The van der Waals surface area contributed by atoms with Gasteiger partial charge < -0.3 is 4.90 Å². The van der Waals surface area contributed by atoms with E-state index in [0.717, 1.165) is 13.1 Å². The smallest absolute Gasteiger partial charge is 0.0110 e. The molecule has 0 saturated carbocycles. The highest BCUT2D eigenvalue weighted by molar-refractivity contribution is 5.52. The number of benzene rings is 1. The van der Waals surface area contributed by atoms with E-state index >= 15 is 0 Å². The Morgan fingerprint density at radius 2 is 1.71 bits per heavy atom. The molecule has 1 fully saturated rings. The van der Waals surface area contributed by atoms with Gasteiger partial charge in [-0.05, 0) is 18.4 Å². The lowest BCUT2D eigenvalue weighted by atomic mass is 10.0. The topological polar surface area (TPSA) is 3.24 Å². The van der Waals surface area contributed by atoms with E-state index < -0.39 is 0 Å². The molecule has 0 aliphatic carbocycles. The molecule has 2 rings (SSSR count). The van der Waals surface area contributed by atoms with Gasteiger partial charge in [0.05, 0.1) is 0 Å². The normalized spacial score (nSPS) is 18.2. The van der Waals surface area contributed by atoms with Gasteiger partial charge in [-0.1, -0.05) is 42.0 Å². The molecule has 1 saturated heterocycles. The first-order chi connectivity index (χ1) is 6.84. The molecule has 1 aliphatic rings. The van der Waals surface area contributed by atoms with Crippen LogP contribution in [-0.2, 0) is 0 Å². The highest BCUT2D eigenvalue weighted by Gasteiger charge is 2.09. The molecule has 0 N–H and O–H groups in total. The van der Waals surface area contributed by atoms with E-state index in [-0.39, 0.29) is 0 Å². The van der Waals surface area contributed by atoms with Gasteiger partial charge in [-0.3, -0.25) is 0 Å². The van der Waals surface area contributed by atoms with Crippen LogP contribution in [0.5, 0.6) is 0 Å². The monoisotopic (exact) mass is 186 g/mol. The number of piperidine rings is 1. The van der Waals surface area contributed by atoms with Crippen LogP contribution in [-0.4, -0.2) is 18.0 Å². The van der Waals surface area contributed by atoms with E-state index in [1.165, 1.54) is 18.4 Å². The summed E-state index contributed by atoms with van der Waals surface area (Å²) < 4.78 is 0. The van der Waals surface area contributed by atoms with Crippen molar-refractivity contribution >= 4 is 6.08 Å². The number of hydrogen-bond acceptors (Lipinski definition) is 1.